The van der Waals surface area contributed by atoms with E-state index in [4.69, 9.17) is 0 Å². The lowest BCUT2D eigenvalue weighted by Crippen LogP contribution is -2.42. The van der Waals surface area contributed by atoms with Crippen molar-refractivity contribution in [1.82, 2.24) is 4.31 Å². The molecule has 116 valence electrons. The van der Waals surface area contributed by atoms with Gasteiger partial charge in [-0.2, -0.15) is 12.7 Å². The maximum absolute atomic E-state index is 12.4. The van der Waals surface area contributed by atoms with Gasteiger partial charge in [0.2, 0.25) is 0 Å². The molecule has 1 heterocycles. The molecule has 2 N–H and O–H groups in total. The van der Waals surface area contributed by atoms with E-state index >= 15 is 0 Å². The third kappa shape index (κ3) is 3.75. The Kier molecular flexibility index (Phi) is 4.90. The molecule has 0 radical (unpaired) electrons. The Morgan fingerprint density at radius 2 is 2.19 bits per heavy atom. The van der Waals surface area contributed by atoms with E-state index in [9.17, 15) is 18.3 Å². The Morgan fingerprint density at radius 1 is 1.48 bits per heavy atom. The molecule has 1 saturated heterocycles. The number of hydrogen-bond donors (Lipinski definition) is 2. The first-order valence-corrected chi connectivity index (χ1v) is 8.84. The molecule has 1 fully saturated rings. The Morgan fingerprint density at radius 3 is 2.81 bits per heavy atom. The van der Waals surface area contributed by atoms with Crippen LogP contribution in [0.2, 0.25) is 0 Å². The smallest absolute Gasteiger partial charge is 0.337 e. The molecular formula is C13H17BrN2O4S. The number of aromatic carboxylic acids is 1. The number of hydrogen-bond acceptors (Lipinski definition) is 3. The summed E-state index contributed by atoms with van der Waals surface area (Å²) in [7, 11) is -3.76. The molecule has 1 aromatic rings. The molecule has 8 heteroatoms. The van der Waals surface area contributed by atoms with Gasteiger partial charge in [0, 0.05) is 17.6 Å². The van der Waals surface area contributed by atoms with Gasteiger partial charge in [0.15, 0.2) is 0 Å². The molecule has 0 saturated carbocycles. The number of rotatable bonds is 4. The highest BCUT2D eigenvalue weighted by Crippen LogP contribution is 2.29. The van der Waals surface area contributed by atoms with Crippen LogP contribution in [0.5, 0.6) is 0 Å². The SMILES string of the molecule is CC1CCCN(S(=O)(=O)Nc2c(Br)cccc2C(=O)O)C1. The van der Waals surface area contributed by atoms with Gasteiger partial charge in [0.1, 0.15) is 0 Å². The second-order valence-electron chi connectivity index (χ2n) is 5.18. The monoisotopic (exact) mass is 376 g/mol. The van der Waals surface area contributed by atoms with E-state index in [1.807, 2.05) is 6.92 Å². The average Bonchev–Trinajstić information content (AvgIpc) is 2.40. The van der Waals surface area contributed by atoms with Crippen molar-refractivity contribution in [2.45, 2.75) is 19.8 Å². The highest BCUT2D eigenvalue weighted by Gasteiger charge is 2.28. The average molecular weight is 377 g/mol. The van der Waals surface area contributed by atoms with Crippen LogP contribution < -0.4 is 4.72 Å². The second-order valence-corrected chi connectivity index (χ2v) is 7.71. The highest BCUT2D eigenvalue weighted by atomic mass is 79.9. The van der Waals surface area contributed by atoms with E-state index < -0.39 is 16.2 Å². The van der Waals surface area contributed by atoms with Crippen molar-refractivity contribution in [2.75, 3.05) is 17.8 Å². The molecule has 1 aliphatic rings. The minimum Gasteiger partial charge on any atom is -0.478 e. The molecule has 21 heavy (non-hydrogen) atoms. The van der Waals surface area contributed by atoms with Crippen molar-refractivity contribution in [3.63, 3.8) is 0 Å². The number of carboxylic acids is 1. The number of halogens is 1. The molecule has 1 unspecified atom stereocenters. The van der Waals surface area contributed by atoms with Gasteiger partial charge in [-0.3, -0.25) is 4.72 Å². The molecule has 0 spiro atoms. The minimum atomic E-state index is -3.76. The Bertz CT molecular complexity index is 648. The zero-order valence-electron chi connectivity index (χ0n) is 11.5. The van der Waals surface area contributed by atoms with Crippen LogP contribution in [0.3, 0.4) is 0 Å². The van der Waals surface area contributed by atoms with Crippen molar-refractivity contribution in [3.8, 4) is 0 Å². The molecule has 0 aromatic heterocycles. The maximum Gasteiger partial charge on any atom is 0.337 e. The summed E-state index contributed by atoms with van der Waals surface area (Å²) >= 11 is 3.20. The van der Waals surface area contributed by atoms with Crippen LogP contribution >= 0.6 is 15.9 Å². The number of para-hydroxylation sites is 1. The number of anilines is 1. The predicted octanol–water partition coefficient (Wildman–Crippen LogP) is 2.54. The van der Waals surface area contributed by atoms with Crippen LogP contribution in [0.1, 0.15) is 30.1 Å². The van der Waals surface area contributed by atoms with Crippen molar-refractivity contribution in [2.24, 2.45) is 5.92 Å². The number of piperidine rings is 1. The third-order valence-corrected chi connectivity index (χ3v) is 5.57. The topological polar surface area (TPSA) is 86.7 Å². The minimum absolute atomic E-state index is 0.0585. The fourth-order valence-electron chi connectivity index (χ4n) is 2.36. The molecule has 0 amide bonds. The largest absolute Gasteiger partial charge is 0.478 e. The predicted molar refractivity (Wildman–Crippen MR) is 83.6 cm³/mol. The van der Waals surface area contributed by atoms with Crippen LogP contribution in [0.25, 0.3) is 0 Å². The maximum atomic E-state index is 12.4. The number of benzene rings is 1. The van der Waals surface area contributed by atoms with E-state index in [0.717, 1.165) is 12.8 Å². The Balaban J connectivity index is 2.30. The van der Waals surface area contributed by atoms with Crippen molar-refractivity contribution >= 4 is 37.8 Å². The van der Waals surface area contributed by atoms with Crippen LogP contribution in [0.15, 0.2) is 22.7 Å². The fourth-order valence-corrected chi connectivity index (χ4v) is 4.39. The lowest BCUT2D eigenvalue weighted by molar-refractivity contribution is 0.0698. The number of carbonyl (C=O) groups is 1. The lowest BCUT2D eigenvalue weighted by atomic mass is 10.0. The number of nitrogens with zero attached hydrogens (tertiary/aromatic N) is 1. The first-order valence-electron chi connectivity index (χ1n) is 6.61. The molecule has 1 aromatic carbocycles. The molecule has 6 nitrogen and oxygen atoms in total. The summed E-state index contributed by atoms with van der Waals surface area (Å²) in [6.45, 7) is 2.90. The summed E-state index contributed by atoms with van der Waals surface area (Å²) in [5.74, 6) is -0.880. The number of nitrogens with one attached hydrogen (secondary N) is 1. The summed E-state index contributed by atoms with van der Waals surface area (Å²) in [4.78, 5) is 11.2. The van der Waals surface area contributed by atoms with Gasteiger partial charge < -0.3 is 5.11 Å². The molecular weight excluding hydrogens is 360 g/mol. The van der Waals surface area contributed by atoms with E-state index in [1.165, 1.54) is 10.4 Å². The summed E-state index contributed by atoms with van der Waals surface area (Å²) in [5.41, 5.74) is -0.0266. The van der Waals surface area contributed by atoms with Crippen molar-refractivity contribution in [3.05, 3.63) is 28.2 Å². The summed E-state index contributed by atoms with van der Waals surface area (Å²) < 4.78 is 29.0. The first kappa shape index (κ1) is 16.3. The molecule has 0 bridgehead atoms. The van der Waals surface area contributed by atoms with Gasteiger partial charge in [-0.25, -0.2) is 4.79 Å². The van der Waals surface area contributed by atoms with Gasteiger partial charge in [-0.15, -0.1) is 0 Å². The van der Waals surface area contributed by atoms with Gasteiger partial charge in [-0.05, 0) is 46.8 Å². The standard InChI is InChI=1S/C13H17BrN2O4S/c1-9-4-3-7-16(8-9)21(19,20)15-12-10(13(17)18)5-2-6-11(12)14/h2,5-6,9,15H,3-4,7-8H2,1H3,(H,17,18). The first-order chi connectivity index (χ1) is 9.81. The van der Waals surface area contributed by atoms with Gasteiger partial charge in [0.25, 0.3) is 0 Å². The molecule has 2 rings (SSSR count). The zero-order chi connectivity index (χ0) is 15.6. The van der Waals surface area contributed by atoms with Crippen LogP contribution in [-0.2, 0) is 10.2 Å². The Hall–Kier alpha value is -1.12. The molecule has 1 atom stereocenters. The quantitative estimate of drug-likeness (QED) is 0.844. The van der Waals surface area contributed by atoms with Crippen molar-refractivity contribution in [1.29, 1.82) is 0 Å². The van der Waals surface area contributed by atoms with Gasteiger partial charge in [-0.1, -0.05) is 13.0 Å². The van der Waals surface area contributed by atoms with E-state index in [0.29, 0.717) is 23.5 Å². The summed E-state index contributed by atoms with van der Waals surface area (Å²) in [5, 5.41) is 9.17. The zero-order valence-corrected chi connectivity index (χ0v) is 13.9. The van der Waals surface area contributed by atoms with Gasteiger partial charge in [0.05, 0.1) is 11.3 Å². The van der Waals surface area contributed by atoms with Gasteiger partial charge >= 0.3 is 16.2 Å². The lowest BCUT2D eigenvalue weighted by Gasteiger charge is -2.30. The van der Waals surface area contributed by atoms with E-state index in [2.05, 4.69) is 20.7 Å². The van der Waals surface area contributed by atoms with Crippen molar-refractivity contribution < 1.29 is 18.3 Å². The normalized spacial score (nSPS) is 20.2. The van der Waals surface area contributed by atoms with Crippen LogP contribution in [-0.4, -0.2) is 36.9 Å². The molecule has 0 aliphatic carbocycles. The fraction of sp³-hybridized carbons (Fsp3) is 0.462. The van der Waals surface area contributed by atoms with Crippen LogP contribution in [0, 0.1) is 5.92 Å². The second kappa shape index (κ2) is 6.33. The third-order valence-electron chi connectivity index (χ3n) is 3.43. The Labute approximate surface area is 132 Å². The van der Waals surface area contributed by atoms with E-state index in [-0.39, 0.29) is 11.3 Å². The molecule has 1 aliphatic heterocycles. The number of carboxylic acid groups (broad SMARTS) is 1. The van der Waals surface area contributed by atoms with E-state index in [1.54, 1.807) is 12.1 Å². The highest BCUT2D eigenvalue weighted by molar-refractivity contribution is 9.10. The summed E-state index contributed by atoms with van der Waals surface area (Å²) in [6.07, 6.45) is 1.81. The van der Waals surface area contributed by atoms with Crippen LogP contribution in [0.4, 0.5) is 5.69 Å². The summed E-state index contributed by atoms with van der Waals surface area (Å²) in [6, 6.07) is 4.52.